The van der Waals surface area contributed by atoms with E-state index < -0.39 is 0 Å². The summed E-state index contributed by atoms with van der Waals surface area (Å²) in [4.78, 5) is 31.2. The molecule has 1 aliphatic rings. The van der Waals surface area contributed by atoms with Gasteiger partial charge in [0.25, 0.3) is 5.91 Å². The number of nitrogens with one attached hydrogen (secondary N) is 2. The van der Waals surface area contributed by atoms with Crippen molar-refractivity contribution in [3.05, 3.63) is 94.7 Å². The molecule has 188 valence electrons. The van der Waals surface area contributed by atoms with Gasteiger partial charge >= 0.3 is 6.09 Å². The molecule has 7 heteroatoms. The summed E-state index contributed by atoms with van der Waals surface area (Å²) in [5, 5.41) is 6.33. The summed E-state index contributed by atoms with van der Waals surface area (Å²) < 4.78 is 5.47. The lowest BCUT2D eigenvalue weighted by atomic mass is 9.97. The summed E-state index contributed by atoms with van der Waals surface area (Å²) in [5.41, 5.74) is 5.11. The van der Waals surface area contributed by atoms with Gasteiger partial charge in [0.1, 0.15) is 12.4 Å². The van der Waals surface area contributed by atoms with Crippen LogP contribution in [0.3, 0.4) is 0 Å². The molecule has 2 amide bonds. The number of ether oxygens (including phenoxy) is 1. The van der Waals surface area contributed by atoms with E-state index in [9.17, 15) is 9.59 Å². The van der Waals surface area contributed by atoms with Crippen LogP contribution in [0.15, 0.2) is 66.9 Å². The number of aryl methyl sites for hydroxylation is 2. The number of carbonyl (C=O) groups excluding carboxylic acids is 2. The molecule has 0 unspecified atom stereocenters. The van der Waals surface area contributed by atoms with Gasteiger partial charge in [0.2, 0.25) is 0 Å². The molecule has 0 aliphatic carbocycles. The Morgan fingerprint density at radius 3 is 2.50 bits per heavy atom. The fourth-order valence-electron chi connectivity index (χ4n) is 4.26. The maximum Gasteiger partial charge on any atom is 0.410 e. The highest BCUT2D eigenvalue weighted by Crippen LogP contribution is 2.18. The normalized spacial score (nSPS) is 13.8. The summed E-state index contributed by atoms with van der Waals surface area (Å²) in [6, 6.07) is 19.8. The zero-order chi connectivity index (χ0) is 25.3. The zero-order valence-electron chi connectivity index (χ0n) is 21.0. The van der Waals surface area contributed by atoms with E-state index in [4.69, 9.17) is 4.74 Å². The van der Waals surface area contributed by atoms with E-state index in [0.29, 0.717) is 43.5 Å². The van der Waals surface area contributed by atoms with Crippen LogP contribution < -0.4 is 10.6 Å². The minimum atomic E-state index is -0.277. The lowest BCUT2D eigenvalue weighted by Gasteiger charge is -2.31. The molecule has 0 atom stereocenters. The molecular formula is C29H34N4O3. The number of rotatable bonds is 8. The molecule has 7 nitrogen and oxygen atoms in total. The van der Waals surface area contributed by atoms with Gasteiger partial charge in [-0.1, -0.05) is 59.7 Å². The average molecular weight is 487 g/mol. The molecule has 3 aromatic rings. The summed E-state index contributed by atoms with van der Waals surface area (Å²) in [6.07, 6.45) is 3.04. The zero-order valence-corrected chi connectivity index (χ0v) is 21.0. The van der Waals surface area contributed by atoms with Gasteiger partial charge in [-0.3, -0.25) is 4.79 Å². The van der Waals surface area contributed by atoms with Crippen molar-refractivity contribution < 1.29 is 14.3 Å². The molecule has 1 aromatic heterocycles. The molecule has 0 spiro atoms. The topological polar surface area (TPSA) is 83.6 Å². The number of hydrogen-bond donors (Lipinski definition) is 2. The van der Waals surface area contributed by atoms with Gasteiger partial charge in [0, 0.05) is 37.9 Å². The van der Waals surface area contributed by atoms with E-state index in [1.807, 2.05) is 37.3 Å². The van der Waals surface area contributed by atoms with Gasteiger partial charge in [0.15, 0.2) is 0 Å². The third kappa shape index (κ3) is 7.31. The Kier molecular flexibility index (Phi) is 8.55. The third-order valence-electron chi connectivity index (χ3n) is 6.49. The second-order valence-electron chi connectivity index (χ2n) is 9.45. The number of likely N-dealkylation sites (tertiary alicyclic amines) is 1. The Bertz CT molecular complexity index is 1170. The highest BCUT2D eigenvalue weighted by Gasteiger charge is 2.24. The maximum atomic E-state index is 12.7. The van der Waals surface area contributed by atoms with Gasteiger partial charge in [-0.2, -0.15) is 0 Å². The van der Waals surface area contributed by atoms with Crippen molar-refractivity contribution in [1.82, 2.24) is 15.2 Å². The second kappa shape index (κ2) is 12.2. The highest BCUT2D eigenvalue weighted by molar-refractivity contribution is 5.94. The predicted octanol–water partition coefficient (Wildman–Crippen LogP) is 5.09. The Labute approximate surface area is 212 Å². The van der Waals surface area contributed by atoms with Gasteiger partial charge in [-0.25, -0.2) is 9.78 Å². The molecular weight excluding hydrogens is 452 g/mol. The number of nitrogens with zero attached hydrogens (tertiary/aromatic N) is 2. The number of hydrogen-bond acceptors (Lipinski definition) is 5. The fraction of sp³-hybridized carbons (Fsp3) is 0.345. The van der Waals surface area contributed by atoms with Crippen molar-refractivity contribution in [3.63, 3.8) is 0 Å². The lowest BCUT2D eigenvalue weighted by molar-refractivity contribution is 0.0801. The first-order valence-electron chi connectivity index (χ1n) is 12.5. The SMILES string of the molecule is Cc1ccc(COC(=O)N2CCC(CNC(=O)c3ccnc(NCc4cccc(C)c4)c3)CC2)cc1. The summed E-state index contributed by atoms with van der Waals surface area (Å²) in [5.74, 6) is 0.883. The summed E-state index contributed by atoms with van der Waals surface area (Å²) in [7, 11) is 0. The third-order valence-corrected chi connectivity index (χ3v) is 6.49. The molecule has 4 rings (SSSR count). The quantitative estimate of drug-likeness (QED) is 0.463. The molecule has 0 saturated carbocycles. The number of aromatic nitrogens is 1. The van der Waals surface area contributed by atoms with Crippen molar-refractivity contribution in [2.24, 2.45) is 5.92 Å². The van der Waals surface area contributed by atoms with Gasteiger partial charge in [-0.05, 0) is 55.9 Å². The van der Waals surface area contributed by atoms with E-state index >= 15 is 0 Å². The number of anilines is 1. The number of pyridine rings is 1. The Morgan fingerprint density at radius 2 is 1.75 bits per heavy atom. The van der Waals surface area contributed by atoms with Crippen LogP contribution >= 0.6 is 0 Å². The molecule has 2 heterocycles. The monoisotopic (exact) mass is 486 g/mol. The Hall–Kier alpha value is -3.87. The van der Waals surface area contributed by atoms with Crippen molar-refractivity contribution >= 4 is 17.8 Å². The molecule has 1 saturated heterocycles. The largest absolute Gasteiger partial charge is 0.445 e. The lowest BCUT2D eigenvalue weighted by Crippen LogP contribution is -2.41. The standard InChI is InChI=1S/C29H34N4O3/c1-21-6-8-24(9-7-21)20-36-29(35)33-14-11-23(12-15-33)18-32-28(34)26-10-13-30-27(17-26)31-19-25-5-3-4-22(2)16-25/h3-10,13,16-17,23H,11-12,14-15,18-20H2,1-2H3,(H,30,31)(H,32,34). The van der Waals surface area contributed by atoms with Crippen LogP contribution in [-0.2, 0) is 17.9 Å². The first-order chi connectivity index (χ1) is 17.5. The van der Waals surface area contributed by atoms with Crippen molar-refractivity contribution in [2.75, 3.05) is 25.0 Å². The average Bonchev–Trinajstić information content (AvgIpc) is 2.90. The summed E-state index contributed by atoms with van der Waals surface area (Å²) >= 11 is 0. The van der Waals surface area contributed by atoms with Crippen LogP contribution in [0, 0.1) is 19.8 Å². The van der Waals surface area contributed by atoms with Crippen molar-refractivity contribution in [1.29, 1.82) is 0 Å². The van der Waals surface area contributed by atoms with Crippen LogP contribution in [0.5, 0.6) is 0 Å². The van der Waals surface area contributed by atoms with Gasteiger partial charge in [0.05, 0.1) is 0 Å². The molecule has 1 aliphatic heterocycles. The first kappa shape index (κ1) is 25.2. The fourth-order valence-corrected chi connectivity index (χ4v) is 4.26. The van der Waals surface area contributed by atoms with Crippen LogP contribution in [0.1, 0.15) is 45.5 Å². The number of carbonyl (C=O) groups is 2. The van der Waals surface area contributed by atoms with Crippen molar-refractivity contribution in [3.8, 4) is 0 Å². The van der Waals surface area contributed by atoms with E-state index in [1.165, 1.54) is 11.1 Å². The van der Waals surface area contributed by atoms with Gasteiger partial charge < -0.3 is 20.3 Å². The molecule has 0 bridgehead atoms. The number of benzene rings is 2. The predicted molar refractivity (Wildman–Crippen MR) is 141 cm³/mol. The molecule has 0 radical (unpaired) electrons. The maximum absolute atomic E-state index is 12.7. The van der Waals surface area contributed by atoms with Crippen molar-refractivity contribution in [2.45, 2.75) is 39.8 Å². The Balaban J connectivity index is 1.18. The van der Waals surface area contributed by atoms with Crippen LogP contribution in [0.2, 0.25) is 0 Å². The van der Waals surface area contributed by atoms with E-state index in [-0.39, 0.29) is 18.6 Å². The van der Waals surface area contributed by atoms with E-state index in [0.717, 1.165) is 24.0 Å². The highest BCUT2D eigenvalue weighted by atomic mass is 16.6. The molecule has 1 fully saturated rings. The molecule has 2 N–H and O–H groups in total. The Morgan fingerprint density at radius 1 is 0.972 bits per heavy atom. The van der Waals surface area contributed by atoms with E-state index in [1.54, 1.807) is 23.2 Å². The van der Waals surface area contributed by atoms with E-state index in [2.05, 4.69) is 40.7 Å². The smallest absolute Gasteiger partial charge is 0.410 e. The van der Waals surface area contributed by atoms with Crippen LogP contribution in [-0.4, -0.2) is 41.5 Å². The first-order valence-corrected chi connectivity index (χ1v) is 12.5. The number of amides is 2. The van der Waals surface area contributed by atoms with Gasteiger partial charge in [-0.15, -0.1) is 0 Å². The molecule has 2 aromatic carbocycles. The number of piperidine rings is 1. The molecule has 36 heavy (non-hydrogen) atoms. The van der Waals surface area contributed by atoms with Crippen LogP contribution in [0.25, 0.3) is 0 Å². The summed E-state index contributed by atoms with van der Waals surface area (Å²) in [6.45, 7) is 6.87. The minimum Gasteiger partial charge on any atom is -0.445 e. The minimum absolute atomic E-state index is 0.115. The van der Waals surface area contributed by atoms with Crippen LogP contribution in [0.4, 0.5) is 10.6 Å². The second-order valence-corrected chi connectivity index (χ2v) is 9.45.